The van der Waals surface area contributed by atoms with Gasteiger partial charge in [-0.1, -0.05) is 29.8 Å². The highest BCUT2D eigenvalue weighted by Crippen LogP contribution is 2.28. The SMILES string of the molecule is OC(COc1ccccc1)c1sccc1Cl. The highest BCUT2D eigenvalue weighted by Gasteiger charge is 2.13. The highest BCUT2D eigenvalue weighted by atomic mass is 35.5. The summed E-state index contributed by atoms with van der Waals surface area (Å²) < 4.78 is 5.44. The first-order valence-corrected chi connectivity index (χ1v) is 6.12. The lowest BCUT2D eigenvalue weighted by Crippen LogP contribution is -2.08. The number of halogens is 1. The van der Waals surface area contributed by atoms with Crippen LogP contribution in [0, 0.1) is 0 Å². The maximum Gasteiger partial charge on any atom is 0.124 e. The molecule has 0 aliphatic carbocycles. The van der Waals surface area contributed by atoms with E-state index < -0.39 is 6.10 Å². The van der Waals surface area contributed by atoms with Crippen LogP contribution in [0.3, 0.4) is 0 Å². The molecule has 0 saturated carbocycles. The van der Waals surface area contributed by atoms with Crippen molar-refractivity contribution in [3.8, 4) is 5.75 Å². The summed E-state index contributed by atoms with van der Waals surface area (Å²) in [5, 5.41) is 12.3. The predicted molar refractivity (Wildman–Crippen MR) is 66.2 cm³/mol. The Bertz CT molecular complexity index is 441. The Morgan fingerprint density at radius 3 is 2.62 bits per heavy atom. The first-order valence-electron chi connectivity index (χ1n) is 4.86. The molecule has 0 saturated heterocycles. The van der Waals surface area contributed by atoms with Crippen molar-refractivity contribution in [3.63, 3.8) is 0 Å². The van der Waals surface area contributed by atoms with Crippen LogP contribution in [0.2, 0.25) is 5.02 Å². The van der Waals surface area contributed by atoms with Gasteiger partial charge in [-0.3, -0.25) is 0 Å². The number of rotatable bonds is 4. The van der Waals surface area contributed by atoms with Gasteiger partial charge in [0.15, 0.2) is 0 Å². The van der Waals surface area contributed by atoms with Crippen LogP contribution in [0.4, 0.5) is 0 Å². The molecule has 2 aromatic rings. The van der Waals surface area contributed by atoms with E-state index in [0.29, 0.717) is 5.02 Å². The van der Waals surface area contributed by atoms with Crippen LogP contribution in [-0.4, -0.2) is 11.7 Å². The van der Waals surface area contributed by atoms with Crippen LogP contribution in [-0.2, 0) is 0 Å². The fourth-order valence-electron chi connectivity index (χ4n) is 1.31. The summed E-state index contributed by atoms with van der Waals surface area (Å²) in [7, 11) is 0. The van der Waals surface area contributed by atoms with Crippen LogP contribution in [0.25, 0.3) is 0 Å². The molecule has 0 aliphatic rings. The van der Waals surface area contributed by atoms with Gasteiger partial charge in [-0.2, -0.15) is 0 Å². The number of para-hydroxylation sites is 1. The number of aliphatic hydroxyl groups excluding tert-OH is 1. The molecule has 84 valence electrons. The lowest BCUT2D eigenvalue weighted by Gasteiger charge is -2.11. The first kappa shape index (κ1) is 11.5. The third-order valence-corrected chi connectivity index (χ3v) is 3.56. The third-order valence-electron chi connectivity index (χ3n) is 2.10. The van der Waals surface area contributed by atoms with Gasteiger partial charge >= 0.3 is 0 Å². The monoisotopic (exact) mass is 254 g/mol. The quantitative estimate of drug-likeness (QED) is 0.905. The van der Waals surface area contributed by atoms with Gasteiger partial charge in [-0.05, 0) is 23.6 Å². The minimum atomic E-state index is -0.673. The number of hydrogen-bond donors (Lipinski definition) is 1. The number of benzene rings is 1. The van der Waals surface area contributed by atoms with Crippen molar-refractivity contribution in [1.82, 2.24) is 0 Å². The normalized spacial score (nSPS) is 12.4. The van der Waals surface area contributed by atoms with Crippen molar-refractivity contribution in [1.29, 1.82) is 0 Å². The molecule has 0 aliphatic heterocycles. The first-order chi connectivity index (χ1) is 7.77. The Kier molecular flexibility index (Phi) is 3.83. The van der Waals surface area contributed by atoms with Crippen molar-refractivity contribution < 1.29 is 9.84 Å². The molecule has 0 fully saturated rings. The predicted octanol–water partition coefficient (Wildman–Crippen LogP) is 3.51. The molecule has 2 nitrogen and oxygen atoms in total. The summed E-state index contributed by atoms with van der Waals surface area (Å²) in [6, 6.07) is 11.2. The smallest absolute Gasteiger partial charge is 0.124 e. The standard InChI is InChI=1S/C12H11ClO2S/c13-10-6-7-16-12(10)11(14)8-15-9-4-2-1-3-5-9/h1-7,11,14H,8H2. The zero-order valence-electron chi connectivity index (χ0n) is 8.47. The average Bonchev–Trinajstić information content (AvgIpc) is 2.74. The van der Waals surface area contributed by atoms with Crippen LogP contribution in [0.15, 0.2) is 41.8 Å². The molecule has 0 amide bonds. The molecule has 4 heteroatoms. The van der Waals surface area contributed by atoms with Gasteiger partial charge in [0.05, 0.1) is 9.90 Å². The summed E-state index contributed by atoms with van der Waals surface area (Å²) >= 11 is 7.34. The van der Waals surface area contributed by atoms with E-state index >= 15 is 0 Å². The van der Waals surface area contributed by atoms with Gasteiger partial charge < -0.3 is 9.84 Å². The third kappa shape index (κ3) is 2.76. The zero-order chi connectivity index (χ0) is 11.4. The molecule has 0 bridgehead atoms. The van der Waals surface area contributed by atoms with E-state index in [0.717, 1.165) is 10.6 Å². The summed E-state index contributed by atoms with van der Waals surface area (Å²) in [5.74, 6) is 0.745. The highest BCUT2D eigenvalue weighted by molar-refractivity contribution is 7.10. The van der Waals surface area contributed by atoms with Crippen LogP contribution >= 0.6 is 22.9 Å². The Hall–Kier alpha value is -1.03. The van der Waals surface area contributed by atoms with E-state index in [1.54, 1.807) is 6.07 Å². The second-order valence-corrected chi connectivity index (χ2v) is 4.63. The van der Waals surface area contributed by atoms with E-state index in [9.17, 15) is 5.11 Å². The number of hydrogen-bond acceptors (Lipinski definition) is 3. The lowest BCUT2D eigenvalue weighted by molar-refractivity contribution is 0.111. The summed E-state index contributed by atoms with van der Waals surface area (Å²) in [6.07, 6.45) is -0.673. The average molecular weight is 255 g/mol. The molecule has 1 aromatic heterocycles. The fourth-order valence-corrected chi connectivity index (χ4v) is 2.46. The molecule has 0 spiro atoms. The molecular formula is C12H11ClO2S. The minimum Gasteiger partial charge on any atom is -0.490 e. The van der Waals surface area contributed by atoms with Gasteiger partial charge in [-0.15, -0.1) is 11.3 Å². The Balaban J connectivity index is 1.94. The fraction of sp³-hybridized carbons (Fsp3) is 0.167. The molecule has 1 unspecified atom stereocenters. The van der Waals surface area contributed by atoms with Gasteiger partial charge in [0.2, 0.25) is 0 Å². The lowest BCUT2D eigenvalue weighted by atomic mass is 10.3. The van der Waals surface area contributed by atoms with Gasteiger partial charge in [0.1, 0.15) is 18.5 Å². The van der Waals surface area contributed by atoms with Crippen molar-refractivity contribution in [2.24, 2.45) is 0 Å². The molecule has 1 N–H and O–H groups in total. The van der Waals surface area contributed by atoms with E-state index in [4.69, 9.17) is 16.3 Å². The molecular weight excluding hydrogens is 244 g/mol. The van der Waals surface area contributed by atoms with E-state index in [2.05, 4.69) is 0 Å². The summed E-state index contributed by atoms with van der Waals surface area (Å²) in [4.78, 5) is 0.748. The molecule has 1 aromatic carbocycles. The number of thiophene rings is 1. The largest absolute Gasteiger partial charge is 0.490 e. The van der Waals surface area contributed by atoms with Crippen LogP contribution in [0.1, 0.15) is 11.0 Å². The van der Waals surface area contributed by atoms with E-state index in [-0.39, 0.29) is 6.61 Å². The van der Waals surface area contributed by atoms with Crippen molar-refractivity contribution in [2.45, 2.75) is 6.10 Å². The molecule has 1 atom stereocenters. The summed E-state index contributed by atoms with van der Waals surface area (Å²) in [6.45, 7) is 0.213. The van der Waals surface area contributed by atoms with Gasteiger partial charge in [-0.25, -0.2) is 0 Å². The van der Waals surface area contributed by atoms with Crippen LogP contribution < -0.4 is 4.74 Å². The molecule has 16 heavy (non-hydrogen) atoms. The molecule has 2 rings (SSSR count). The maximum atomic E-state index is 9.85. The van der Waals surface area contributed by atoms with Crippen molar-refractivity contribution in [3.05, 3.63) is 51.7 Å². The molecule has 1 heterocycles. The Morgan fingerprint density at radius 1 is 1.25 bits per heavy atom. The van der Waals surface area contributed by atoms with E-state index in [1.165, 1.54) is 11.3 Å². The second kappa shape index (κ2) is 5.34. The van der Waals surface area contributed by atoms with E-state index in [1.807, 2.05) is 35.7 Å². The van der Waals surface area contributed by atoms with Gasteiger partial charge in [0.25, 0.3) is 0 Å². The van der Waals surface area contributed by atoms with Crippen molar-refractivity contribution >= 4 is 22.9 Å². The topological polar surface area (TPSA) is 29.5 Å². The Labute approximate surface area is 103 Å². The Morgan fingerprint density at radius 2 is 2.00 bits per heavy atom. The van der Waals surface area contributed by atoms with Crippen molar-refractivity contribution in [2.75, 3.05) is 6.61 Å². The maximum absolute atomic E-state index is 9.85. The van der Waals surface area contributed by atoms with Crippen LogP contribution in [0.5, 0.6) is 5.75 Å². The second-order valence-electron chi connectivity index (χ2n) is 3.27. The number of ether oxygens (including phenoxy) is 1. The summed E-state index contributed by atoms with van der Waals surface area (Å²) in [5.41, 5.74) is 0. The minimum absolute atomic E-state index is 0.213. The molecule has 0 radical (unpaired) electrons. The zero-order valence-corrected chi connectivity index (χ0v) is 10.0. The number of aliphatic hydroxyl groups is 1. The van der Waals surface area contributed by atoms with Gasteiger partial charge in [0, 0.05) is 0 Å².